The van der Waals surface area contributed by atoms with Gasteiger partial charge in [-0.1, -0.05) is 6.92 Å². The van der Waals surface area contributed by atoms with Crippen LogP contribution in [0.4, 0.5) is 0 Å². The lowest BCUT2D eigenvalue weighted by molar-refractivity contribution is 0.0928. The summed E-state index contributed by atoms with van der Waals surface area (Å²) in [5.74, 6) is 0.0722. The van der Waals surface area contributed by atoms with Gasteiger partial charge >= 0.3 is 0 Å². The fraction of sp³-hybridized carbons (Fsp3) is 0.643. The van der Waals surface area contributed by atoms with E-state index < -0.39 is 0 Å². The maximum atomic E-state index is 12.1. The Labute approximate surface area is 113 Å². The summed E-state index contributed by atoms with van der Waals surface area (Å²) in [6, 6.07) is 1.98. The molecule has 0 spiro atoms. The molecule has 2 N–H and O–H groups in total. The highest BCUT2D eigenvalue weighted by Gasteiger charge is 2.27. The Hall–Kier alpha value is -0.870. The van der Waals surface area contributed by atoms with Gasteiger partial charge in [-0.25, -0.2) is 0 Å². The lowest BCUT2D eigenvalue weighted by atomic mass is 9.83. The molecule has 3 nitrogen and oxygen atoms in total. The summed E-state index contributed by atoms with van der Waals surface area (Å²) in [6.45, 7) is 9.21. The second-order valence-corrected chi connectivity index (χ2v) is 6.88. The number of nitrogens with one attached hydrogen (secondary N) is 2. The number of amides is 1. The van der Waals surface area contributed by atoms with Gasteiger partial charge in [0, 0.05) is 18.0 Å². The first kappa shape index (κ1) is 13.6. The van der Waals surface area contributed by atoms with E-state index in [9.17, 15) is 4.79 Å². The van der Waals surface area contributed by atoms with Crippen molar-refractivity contribution in [3.8, 4) is 0 Å². The van der Waals surface area contributed by atoms with E-state index in [1.54, 1.807) is 11.3 Å². The Bertz CT molecular complexity index is 414. The molecule has 1 amide bonds. The normalized spacial score (nSPS) is 23.9. The van der Waals surface area contributed by atoms with Gasteiger partial charge in [-0.05, 0) is 50.3 Å². The smallest absolute Gasteiger partial charge is 0.261 e. The minimum absolute atomic E-state index is 0.0722. The van der Waals surface area contributed by atoms with E-state index in [1.165, 1.54) is 23.3 Å². The molecule has 1 aliphatic heterocycles. The van der Waals surface area contributed by atoms with Crippen molar-refractivity contribution in [2.24, 2.45) is 5.41 Å². The fourth-order valence-corrected chi connectivity index (χ4v) is 3.29. The van der Waals surface area contributed by atoms with Gasteiger partial charge in [-0.2, -0.15) is 0 Å². The molecule has 18 heavy (non-hydrogen) atoms. The van der Waals surface area contributed by atoms with Crippen molar-refractivity contribution in [1.29, 1.82) is 0 Å². The maximum absolute atomic E-state index is 12.1. The number of thiophene rings is 1. The van der Waals surface area contributed by atoms with Gasteiger partial charge in [0.1, 0.15) is 0 Å². The zero-order chi connectivity index (χ0) is 13.2. The second-order valence-electron chi connectivity index (χ2n) is 5.62. The number of piperidine rings is 1. The predicted octanol–water partition coefficient (Wildman–Crippen LogP) is 2.48. The van der Waals surface area contributed by atoms with E-state index in [0.29, 0.717) is 0 Å². The third-order valence-corrected chi connectivity index (χ3v) is 4.90. The minimum atomic E-state index is 0.0722. The zero-order valence-electron chi connectivity index (χ0n) is 11.4. The highest BCUT2D eigenvalue weighted by atomic mass is 32.1. The van der Waals surface area contributed by atoms with Crippen molar-refractivity contribution in [2.45, 2.75) is 33.6 Å². The van der Waals surface area contributed by atoms with Crippen LogP contribution < -0.4 is 10.6 Å². The summed E-state index contributed by atoms with van der Waals surface area (Å²) in [7, 11) is 0. The second kappa shape index (κ2) is 5.41. The van der Waals surface area contributed by atoms with Gasteiger partial charge in [0.05, 0.1) is 4.88 Å². The van der Waals surface area contributed by atoms with E-state index in [4.69, 9.17) is 0 Å². The number of aryl methyl sites for hydroxylation is 2. The first-order valence-electron chi connectivity index (χ1n) is 6.56. The van der Waals surface area contributed by atoms with E-state index in [2.05, 4.69) is 31.4 Å². The van der Waals surface area contributed by atoms with Crippen molar-refractivity contribution in [2.75, 3.05) is 19.6 Å². The molecule has 1 aromatic rings. The number of hydrogen-bond donors (Lipinski definition) is 2. The van der Waals surface area contributed by atoms with E-state index >= 15 is 0 Å². The van der Waals surface area contributed by atoms with Gasteiger partial charge in [-0.15, -0.1) is 11.3 Å². The van der Waals surface area contributed by atoms with Crippen LogP contribution in [0.15, 0.2) is 6.07 Å². The molecule has 1 aromatic heterocycles. The summed E-state index contributed by atoms with van der Waals surface area (Å²) in [6.07, 6.45) is 2.38. The number of carbonyl (C=O) groups is 1. The largest absolute Gasteiger partial charge is 0.351 e. The van der Waals surface area contributed by atoms with Crippen molar-refractivity contribution >= 4 is 17.2 Å². The maximum Gasteiger partial charge on any atom is 0.261 e. The van der Waals surface area contributed by atoms with Crippen LogP contribution in [0.2, 0.25) is 0 Å². The summed E-state index contributed by atoms with van der Waals surface area (Å²) < 4.78 is 0. The molecule has 4 heteroatoms. The SMILES string of the molecule is Cc1cc(C(=O)NCC2(C)CCCNC2)sc1C. The Morgan fingerprint density at radius 1 is 1.56 bits per heavy atom. The van der Waals surface area contributed by atoms with Crippen molar-refractivity contribution in [3.63, 3.8) is 0 Å². The van der Waals surface area contributed by atoms with Crippen LogP contribution in [0, 0.1) is 19.3 Å². The molecule has 2 heterocycles. The fourth-order valence-electron chi connectivity index (χ4n) is 2.34. The summed E-state index contributed by atoms with van der Waals surface area (Å²) in [4.78, 5) is 14.1. The van der Waals surface area contributed by atoms with Crippen molar-refractivity contribution in [3.05, 3.63) is 21.4 Å². The van der Waals surface area contributed by atoms with Crippen LogP contribution in [-0.4, -0.2) is 25.5 Å². The molecule has 0 saturated carbocycles. The number of hydrogen-bond acceptors (Lipinski definition) is 3. The van der Waals surface area contributed by atoms with Crippen LogP contribution in [0.25, 0.3) is 0 Å². The highest BCUT2D eigenvalue weighted by molar-refractivity contribution is 7.14. The quantitative estimate of drug-likeness (QED) is 0.882. The van der Waals surface area contributed by atoms with Crippen molar-refractivity contribution in [1.82, 2.24) is 10.6 Å². The Morgan fingerprint density at radius 3 is 2.89 bits per heavy atom. The average molecular weight is 266 g/mol. The monoisotopic (exact) mass is 266 g/mol. The Balaban J connectivity index is 1.91. The lowest BCUT2D eigenvalue weighted by Crippen LogP contribution is -2.45. The van der Waals surface area contributed by atoms with Crippen LogP contribution in [0.1, 0.15) is 39.9 Å². The molecule has 2 rings (SSSR count). The summed E-state index contributed by atoms with van der Waals surface area (Å²) in [5, 5.41) is 6.48. The van der Waals surface area contributed by atoms with Crippen LogP contribution in [-0.2, 0) is 0 Å². The van der Waals surface area contributed by atoms with E-state index in [-0.39, 0.29) is 11.3 Å². The molecule has 0 aromatic carbocycles. The Kier molecular flexibility index (Phi) is 4.07. The van der Waals surface area contributed by atoms with E-state index in [1.807, 2.05) is 6.07 Å². The minimum Gasteiger partial charge on any atom is -0.351 e. The number of carbonyl (C=O) groups excluding carboxylic acids is 1. The van der Waals surface area contributed by atoms with Gasteiger partial charge in [0.15, 0.2) is 0 Å². The summed E-state index contributed by atoms with van der Waals surface area (Å²) >= 11 is 1.58. The molecule has 1 unspecified atom stereocenters. The van der Waals surface area contributed by atoms with Crippen LogP contribution >= 0.6 is 11.3 Å². The number of rotatable bonds is 3. The van der Waals surface area contributed by atoms with Crippen LogP contribution in [0.3, 0.4) is 0 Å². The molecule has 1 saturated heterocycles. The van der Waals surface area contributed by atoms with Gasteiger partial charge < -0.3 is 10.6 Å². The Morgan fingerprint density at radius 2 is 2.33 bits per heavy atom. The molecule has 1 fully saturated rings. The first-order valence-corrected chi connectivity index (χ1v) is 7.38. The van der Waals surface area contributed by atoms with Crippen LogP contribution in [0.5, 0.6) is 0 Å². The average Bonchev–Trinajstić information content (AvgIpc) is 2.68. The highest BCUT2D eigenvalue weighted by Crippen LogP contribution is 2.25. The van der Waals surface area contributed by atoms with Gasteiger partial charge in [-0.3, -0.25) is 4.79 Å². The first-order chi connectivity index (χ1) is 8.50. The molecular formula is C14H22N2OS. The molecule has 0 radical (unpaired) electrons. The van der Waals surface area contributed by atoms with Gasteiger partial charge in [0.2, 0.25) is 0 Å². The molecular weight excluding hydrogens is 244 g/mol. The predicted molar refractivity (Wildman–Crippen MR) is 76.3 cm³/mol. The molecule has 1 atom stereocenters. The lowest BCUT2D eigenvalue weighted by Gasteiger charge is -2.34. The molecule has 0 aliphatic carbocycles. The van der Waals surface area contributed by atoms with E-state index in [0.717, 1.165) is 24.5 Å². The third kappa shape index (κ3) is 3.12. The zero-order valence-corrected chi connectivity index (χ0v) is 12.2. The topological polar surface area (TPSA) is 41.1 Å². The standard InChI is InChI=1S/C14H22N2OS/c1-10-7-12(18-11(10)2)13(17)16-9-14(3)5-4-6-15-8-14/h7,15H,4-6,8-9H2,1-3H3,(H,16,17). The van der Waals surface area contributed by atoms with Crippen molar-refractivity contribution < 1.29 is 4.79 Å². The third-order valence-electron chi connectivity index (χ3n) is 3.75. The molecule has 0 bridgehead atoms. The summed E-state index contributed by atoms with van der Waals surface area (Å²) in [5.41, 5.74) is 1.41. The molecule has 100 valence electrons. The molecule has 1 aliphatic rings. The van der Waals surface area contributed by atoms with Gasteiger partial charge in [0.25, 0.3) is 5.91 Å².